The molecule has 23 heavy (non-hydrogen) atoms. The lowest BCUT2D eigenvalue weighted by molar-refractivity contribution is 0.0911. The molecule has 0 radical (unpaired) electrons. The van der Waals surface area contributed by atoms with E-state index in [1.54, 1.807) is 0 Å². The Balaban J connectivity index is 1.73. The van der Waals surface area contributed by atoms with Crippen molar-refractivity contribution in [3.8, 4) is 5.75 Å². The lowest BCUT2D eigenvalue weighted by Gasteiger charge is -2.16. The molecule has 5 nitrogen and oxygen atoms in total. The van der Waals surface area contributed by atoms with Crippen LogP contribution in [0.3, 0.4) is 0 Å². The summed E-state index contributed by atoms with van der Waals surface area (Å²) in [4.78, 5) is 4.38. The molecule has 1 aromatic heterocycles. The van der Waals surface area contributed by atoms with Gasteiger partial charge in [-0.3, -0.25) is 0 Å². The molecule has 3 rings (SSSR count). The number of imidazole rings is 1. The van der Waals surface area contributed by atoms with Crippen molar-refractivity contribution in [3.63, 3.8) is 0 Å². The standard InChI is InChI=1S/C18H20N2O3/c1-13-6-2-5-9-17(13)23-12-14(22)10-20-16-8-4-3-7-15(16)19-18(20)11-21/h2-9,14,21-22H,10-12H2,1H3/t14-/m1/s1. The first kappa shape index (κ1) is 15.5. The Labute approximate surface area is 134 Å². The van der Waals surface area contributed by atoms with E-state index in [-0.39, 0.29) is 13.2 Å². The Morgan fingerprint density at radius 1 is 1.13 bits per heavy atom. The summed E-state index contributed by atoms with van der Waals surface area (Å²) in [5.41, 5.74) is 2.74. The van der Waals surface area contributed by atoms with Crippen molar-refractivity contribution in [2.45, 2.75) is 26.2 Å². The van der Waals surface area contributed by atoms with Crippen LogP contribution in [0, 0.1) is 6.92 Å². The summed E-state index contributed by atoms with van der Waals surface area (Å²) < 4.78 is 7.52. The Morgan fingerprint density at radius 3 is 2.65 bits per heavy atom. The van der Waals surface area contributed by atoms with Crippen LogP contribution in [0.2, 0.25) is 0 Å². The Morgan fingerprint density at radius 2 is 1.87 bits per heavy atom. The molecule has 1 heterocycles. The van der Waals surface area contributed by atoms with Crippen molar-refractivity contribution in [2.24, 2.45) is 0 Å². The average Bonchev–Trinajstić information content (AvgIpc) is 2.92. The number of benzene rings is 2. The van der Waals surface area contributed by atoms with Gasteiger partial charge in [0.1, 0.15) is 30.9 Å². The van der Waals surface area contributed by atoms with E-state index in [0.29, 0.717) is 12.4 Å². The van der Waals surface area contributed by atoms with Gasteiger partial charge in [-0.15, -0.1) is 0 Å². The Kier molecular flexibility index (Phi) is 4.60. The number of aromatic nitrogens is 2. The van der Waals surface area contributed by atoms with E-state index in [2.05, 4.69) is 4.98 Å². The normalized spacial score (nSPS) is 12.5. The number of nitrogens with zero attached hydrogens (tertiary/aromatic N) is 2. The van der Waals surface area contributed by atoms with Crippen molar-refractivity contribution in [2.75, 3.05) is 6.61 Å². The number of ether oxygens (including phenoxy) is 1. The summed E-state index contributed by atoms with van der Waals surface area (Å²) in [6, 6.07) is 15.3. The fourth-order valence-corrected chi connectivity index (χ4v) is 2.62. The average molecular weight is 312 g/mol. The largest absolute Gasteiger partial charge is 0.491 e. The van der Waals surface area contributed by atoms with Crippen LogP contribution >= 0.6 is 0 Å². The maximum absolute atomic E-state index is 10.3. The molecule has 0 aliphatic heterocycles. The summed E-state index contributed by atoms with van der Waals surface area (Å²) in [5, 5.41) is 19.8. The molecular weight excluding hydrogens is 292 g/mol. The van der Waals surface area contributed by atoms with E-state index in [0.717, 1.165) is 22.3 Å². The second-order valence-corrected chi connectivity index (χ2v) is 5.52. The highest BCUT2D eigenvalue weighted by atomic mass is 16.5. The van der Waals surface area contributed by atoms with Crippen LogP contribution in [0.5, 0.6) is 5.75 Å². The van der Waals surface area contributed by atoms with Crippen LogP contribution in [-0.4, -0.2) is 32.5 Å². The highest BCUT2D eigenvalue weighted by Gasteiger charge is 2.14. The summed E-state index contributed by atoms with van der Waals surface area (Å²) >= 11 is 0. The topological polar surface area (TPSA) is 67.5 Å². The third-order valence-corrected chi connectivity index (χ3v) is 3.79. The molecule has 5 heteroatoms. The highest BCUT2D eigenvalue weighted by Crippen LogP contribution is 2.18. The van der Waals surface area contributed by atoms with Gasteiger partial charge >= 0.3 is 0 Å². The zero-order valence-corrected chi connectivity index (χ0v) is 13.0. The van der Waals surface area contributed by atoms with Crippen LogP contribution in [0.1, 0.15) is 11.4 Å². The van der Waals surface area contributed by atoms with Crippen molar-refractivity contribution in [3.05, 3.63) is 59.9 Å². The van der Waals surface area contributed by atoms with E-state index in [9.17, 15) is 10.2 Å². The zero-order valence-electron chi connectivity index (χ0n) is 13.0. The van der Waals surface area contributed by atoms with Gasteiger partial charge in [-0.2, -0.15) is 0 Å². The van der Waals surface area contributed by atoms with E-state index in [1.807, 2.05) is 60.0 Å². The maximum atomic E-state index is 10.3. The second-order valence-electron chi connectivity index (χ2n) is 5.52. The number of fused-ring (bicyclic) bond motifs is 1. The van der Waals surface area contributed by atoms with E-state index >= 15 is 0 Å². The molecule has 0 fully saturated rings. The van der Waals surface area contributed by atoms with Gasteiger partial charge < -0.3 is 19.5 Å². The number of aryl methyl sites for hydroxylation is 1. The van der Waals surface area contributed by atoms with Crippen LogP contribution in [0.15, 0.2) is 48.5 Å². The monoisotopic (exact) mass is 312 g/mol. The summed E-state index contributed by atoms with van der Waals surface area (Å²) in [6.45, 7) is 2.31. The number of aliphatic hydroxyl groups is 2. The lowest BCUT2D eigenvalue weighted by atomic mass is 10.2. The molecule has 0 amide bonds. The quantitative estimate of drug-likeness (QED) is 0.733. The first-order valence-corrected chi connectivity index (χ1v) is 7.60. The van der Waals surface area contributed by atoms with Crippen LogP contribution < -0.4 is 4.74 Å². The molecule has 0 saturated heterocycles. The first-order chi connectivity index (χ1) is 11.2. The van der Waals surface area contributed by atoms with Gasteiger partial charge in [0.05, 0.1) is 17.6 Å². The van der Waals surface area contributed by atoms with E-state index < -0.39 is 6.10 Å². The summed E-state index contributed by atoms with van der Waals surface area (Å²) in [6.07, 6.45) is -0.697. The van der Waals surface area contributed by atoms with Crippen LogP contribution in [0.25, 0.3) is 11.0 Å². The molecular formula is C18H20N2O3. The van der Waals surface area contributed by atoms with Gasteiger partial charge in [-0.1, -0.05) is 30.3 Å². The van der Waals surface area contributed by atoms with Crippen molar-refractivity contribution < 1.29 is 14.9 Å². The Hall–Kier alpha value is -2.37. The number of para-hydroxylation sites is 3. The van der Waals surface area contributed by atoms with E-state index in [4.69, 9.17) is 4.74 Å². The molecule has 3 aromatic rings. The smallest absolute Gasteiger partial charge is 0.135 e. The predicted octanol–water partition coefficient (Wildman–Crippen LogP) is 2.28. The van der Waals surface area contributed by atoms with Gasteiger partial charge in [0.2, 0.25) is 0 Å². The molecule has 0 aliphatic rings. The number of rotatable bonds is 6. The minimum absolute atomic E-state index is 0.167. The fourth-order valence-electron chi connectivity index (χ4n) is 2.62. The van der Waals surface area contributed by atoms with Crippen LogP contribution in [0.4, 0.5) is 0 Å². The van der Waals surface area contributed by atoms with Crippen molar-refractivity contribution >= 4 is 11.0 Å². The van der Waals surface area contributed by atoms with Gasteiger partial charge in [-0.25, -0.2) is 4.98 Å². The van der Waals surface area contributed by atoms with Crippen molar-refractivity contribution in [1.82, 2.24) is 9.55 Å². The van der Waals surface area contributed by atoms with Gasteiger partial charge in [-0.05, 0) is 30.7 Å². The third-order valence-electron chi connectivity index (χ3n) is 3.79. The summed E-state index contributed by atoms with van der Waals surface area (Å²) in [5.74, 6) is 1.31. The molecule has 2 N–H and O–H groups in total. The predicted molar refractivity (Wildman–Crippen MR) is 88.3 cm³/mol. The molecule has 0 unspecified atom stereocenters. The number of hydrogen-bond donors (Lipinski definition) is 2. The molecule has 2 aromatic carbocycles. The van der Waals surface area contributed by atoms with Crippen molar-refractivity contribution in [1.29, 1.82) is 0 Å². The van der Waals surface area contributed by atoms with Gasteiger partial charge in [0.25, 0.3) is 0 Å². The minimum Gasteiger partial charge on any atom is -0.491 e. The van der Waals surface area contributed by atoms with Gasteiger partial charge in [0.15, 0.2) is 0 Å². The van der Waals surface area contributed by atoms with Gasteiger partial charge in [0, 0.05) is 0 Å². The molecule has 0 saturated carbocycles. The number of aliphatic hydroxyl groups excluding tert-OH is 2. The summed E-state index contributed by atoms with van der Waals surface area (Å²) in [7, 11) is 0. The number of hydrogen-bond acceptors (Lipinski definition) is 4. The third kappa shape index (κ3) is 3.36. The molecule has 0 bridgehead atoms. The molecule has 120 valence electrons. The minimum atomic E-state index is -0.697. The van der Waals surface area contributed by atoms with E-state index in [1.165, 1.54) is 0 Å². The molecule has 1 atom stereocenters. The molecule has 0 spiro atoms. The highest BCUT2D eigenvalue weighted by molar-refractivity contribution is 5.75. The zero-order chi connectivity index (χ0) is 16.2. The Bertz CT molecular complexity index is 798. The fraction of sp³-hybridized carbons (Fsp3) is 0.278. The maximum Gasteiger partial charge on any atom is 0.135 e. The molecule has 0 aliphatic carbocycles. The first-order valence-electron chi connectivity index (χ1n) is 7.60. The SMILES string of the molecule is Cc1ccccc1OC[C@H](O)Cn1c(CO)nc2ccccc21. The second kappa shape index (κ2) is 6.81. The lowest BCUT2D eigenvalue weighted by Crippen LogP contribution is -2.24. The van der Waals surface area contributed by atoms with Crippen LogP contribution in [-0.2, 0) is 13.2 Å².